The van der Waals surface area contributed by atoms with E-state index < -0.39 is 0 Å². The Balaban J connectivity index is 1.99. The third kappa shape index (κ3) is 3.51. The van der Waals surface area contributed by atoms with E-state index in [-0.39, 0.29) is 11.9 Å². The number of benzene rings is 1. The van der Waals surface area contributed by atoms with Crippen molar-refractivity contribution in [2.45, 2.75) is 13.0 Å². The van der Waals surface area contributed by atoms with E-state index in [0.29, 0.717) is 0 Å². The van der Waals surface area contributed by atoms with Gasteiger partial charge in [0, 0.05) is 11.6 Å². The molecule has 0 aliphatic carbocycles. The first kappa shape index (κ1) is 13.9. The van der Waals surface area contributed by atoms with Crippen LogP contribution in [0.3, 0.4) is 0 Å². The number of amides is 1. The van der Waals surface area contributed by atoms with Crippen LogP contribution >= 0.6 is 0 Å². The molecule has 1 N–H and O–H groups in total. The summed E-state index contributed by atoms with van der Waals surface area (Å²) in [5.74, 6) is 1.28. The van der Waals surface area contributed by atoms with Crippen molar-refractivity contribution in [3.63, 3.8) is 0 Å². The van der Waals surface area contributed by atoms with Crippen LogP contribution in [0.2, 0.25) is 0 Å². The van der Waals surface area contributed by atoms with E-state index in [4.69, 9.17) is 9.15 Å². The highest BCUT2D eigenvalue weighted by Crippen LogP contribution is 2.18. The summed E-state index contributed by atoms with van der Waals surface area (Å²) in [6.45, 7) is 1.87. The molecule has 2 rings (SSSR count). The molecule has 1 amide bonds. The van der Waals surface area contributed by atoms with Crippen LogP contribution in [-0.2, 0) is 4.79 Å². The van der Waals surface area contributed by atoms with Crippen LogP contribution in [0.1, 0.15) is 24.3 Å². The van der Waals surface area contributed by atoms with E-state index in [1.165, 1.54) is 6.08 Å². The van der Waals surface area contributed by atoms with Gasteiger partial charge in [-0.05, 0) is 31.2 Å². The molecule has 0 bridgehead atoms. The van der Waals surface area contributed by atoms with Gasteiger partial charge in [0.1, 0.15) is 11.5 Å². The number of ether oxygens (including phenoxy) is 1. The number of methoxy groups -OCH3 is 1. The topological polar surface area (TPSA) is 51.5 Å². The van der Waals surface area contributed by atoms with Crippen molar-refractivity contribution in [2.24, 2.45) is 0 Å². The number of hydrogen-bond donors (Lipinski definition) is 1. The summed E-state index contributed by atoms with van der Waals surface area (Å²) in [7, 11) is 1.60. The summed E-state index contributed by atoms with van der Waals surface area (Å²) in [6, 6.07) is 11.0. The summed E-state index contributed by atoms with van der Waals surface area (Å²) in [5.41, 5.74) is 0.857. The van der Waals surface area contributed by atoms with E-state index in [2.05, 4.69) is 5.32 Å². The van der Waals surface area contributed by atoms with E-state index in [0.717, 1.165) is 17.1 Å². The lowest BCUT2D eigenvalue weighted by Crippen LogP contribution is -2.24. The fourth-order valence-electron chi connectivity index (χ4n) is 1.84. The molecule has 1 atom stereocenters. The van der Waals surface area contributed by atoms with Crippen molar-refractivity contribution in [1.82, 2.24) is 5.32 Å². The standard InChI is InChI=1S/C16H17NO3/c1-12(14-8-5-11-20-14)17-16(18)10-9-13-6-3-4-7-15(13)19-2/h3-12H,1-2H3,(H,17,18)/b10-9+/t12-/m1/s1. The molecular weight excluding hydrogens is 254 g/mol. The van der Waals surface area contributed by atoms with Crippen LogP contribution in [0.4, 0.5) is 0 Å². The van der Waals surface area contributed by atoms with E-state index >= 15 is 0 Å². The Bertz CT molecular complexity index is 588. The van der Waals surface area contributed by atoms with Gasteiger partial charge in [0.25, 0.3) is 0 Å². The zero-order chi connectivity index (χ0) is 14.4. The van der Waals surface area contributed by atoms with Crippen molar-refractivity contribution in [3.8, 4) is 5.75 Å². The van der Waals surface area contributed by atoms with Gasteiger partial charge in [0.2, 0.25) is 5.91 Å². The van der Waals surface area contributed by atoms with E-state index in [1.54, 1.807) is 25.5 Å². The molecule has 4 nitrogen and oxygen atoms in total. The molecule has 4 heteroatoms. The molecule has 0 fully saturated rings. The molecule has 104 valence electrons. The predicted octanol–water partition coefficient (Wildman–Crippen LogP) is 3.18. The quantitative estimate of drug-likeness (QED) is 0.850. The first-order chi connectivity index (χ1) is 9.70. The minimum atomic E-state index is -0.181. The van der Waals surface area contributed by atoms with Gasteiger partial charge < -0.3 is 14.5 Å². The second-order valence-corrected chi connectivity index (χ2v) is 4.32. The Kier molecular flexibility index (Phi) is 4.60. The molecular formula is C16H17NO3. The summed E-state index contributed by atoms with van der Waals surface area (Å²) < 4.78 is 10.5. The molecule has 1 heterocycles. The van der Waals surface area contributed by atoms with Crippen LogP contribution < -0.4 is 10.1 Å². The van der Waals surface area contributed by atoms with Crippen LogP contribution in [0, 0.1) is 0 Å². The highest BCUT2D eigenvalue weighted by atomic mass is 16.5. The van der Waals surface area contributed by atoms with Crippen molar-refractivity contribution >= 4 is 12.0 Å². The smallest absolute Gasteiger partial charge is 0.244 e. The zero-order valence-corrected chi connectivity index (χ0v) is 11.5. The predicted molar refractivity (Wildman–Crippen MR) is 77.3 cm³/mol. The largest absolute Gasteiger partial charge is 0.496 e. The zero-order valence-electron chi connectivity index (χ0n) is 11.5. The van der Waals surface area contributed by atoms with E-state index in [1.807, 2.05) is 37.3 Å². The fourth-order valence-corrected chi connectivity index (χ4v) is 1.84. The van der Waals surface area contributed by atoms with Crippen LogP contribution in [0.15, 0.2) is 53.2 Å². The number of rotatable bonds is 5. The van der Waals surface area contributed by atoms with Crippen LogP contribution in [-0.4, -0.2) is 13.0 Å². The second kappa shape index (κ2) is 6.61. The molecule has 2 aromatic rings. The van der Waals surface area contributed by atoms with Gasteiger partial charge in [0.15, 0.2) is 0 Å². The number of carbonyl (C=O) groups excluding carboxylic acids is 1. The summed E-state index contributed by atoms with van der Waals surface area (Å²) >= 11 is 0. The van der Waals surface area contributed by atoms with Gasteiger partial charge in [-0.25, -0.2) is 0 Å². The SMILES string of the molecule is COc1ccccc1/C=C/C(=O)N[C@H](C)c1ccco1. The minimum absolute atomic E-state index is 0.167. The van der Waals surface area contributed by atoms with Gasteiger partial charge in [0.05, 0.1) is 19.4 Å². The molecule has 0 saturated heterocycles. The van der Waals surface area contributed by atoms with Gasteiger partial charge in [-0.1, -0.05) is 18.2 Å². The Hall–Kier alpha value is -2.49. The lowest BCUT2D eigenvalue weighted by Gasteiger charge is -2.09. The van der Waals surface area contributed by atoms with Crippen LogP contribution in [0.5, 0.6) is 5.75 Å². The Morgan fingerprint density at radius 2 is 2.10 bits per heavy atom. The number of hydrogen-bond acceptors (Lipinski definition) is 3. The normalized spacial score (nSPS) is 12.3. The summed E-state index contributed by atoms with van der Waals surface area (Å²) in [5, 5.41) is 2.83. The molecule has 0 aliphatic rings. The lowest BCUT2D eigenvalue weighted by atomic mass is 10.2. The highest BCUT2D eigenvalue weighted by molar-refractivity contribution is 5.92. The van der Waals surface area contributed by atoms with Crippen molar-refractivity contribution in [3.05, 3.63) is 60.1 Å². The van der Waals surface area contributed by atoms with Crippen molar-refractivity contribution < 1.29 is 13.9 Å². The molecule has 0 radical (unpaired) electrons. The molecule has 0 unspecified atom stereocenters. The molecule has 1 aromatic heterocycles. The van der Waals surface area contributed by atoms with Gasteiger partial charge >= 0.3 is 0 Å². The maximum atomic E-state index is 11.8. The summed E-state index contributed by atoms with van der Waals surface area (Å²) in [4.78, 5) is 11.8. The average Bonchev–Trinajstić information content (AvgIpc) is 2.99. The Morgan fingerprint density at radius 3 is 2.80 bits per heavy atom. The number of carbonyl (C=O) groups is 1. The molecule has 0 aliphatic heterocycles. The number of nitrogens with one attached hydrogen (secondary N) is 1. The van der Waals surface area contributed by atoms with Crippen LogP contribution in [0.25, 0.3) is 6.08 Å². The first-order valence-electron chi connectivity index (χ1n) is 6.35. The third-order valence-corrected chi connectivity index (χ3v) is 2.88. The molecule has 20 heavy (non-hydrogen) atoms. The molecule has 0 spiro atoms. The Labute approximate surface area is 118 Å². The van der Waals surface area contributed by atoms with Crippen molar-refractivity contribution in [1.29, 1.82) is 0 Å². The number of para-hydroxylation sites is 1. The number of furan rings is 1. The van der Waals surface area contributed by atoms with E-state index in [9.17, 15) is 4.79 Å². The summed E-state index contributed by atoms with van der Waals surface area (Å²) in [6.07, 6.45) is 4.79. The lowest BCUT2D eigenvalue weighted by molar-refractivity contribution is -0.117. The minimum Gasteiger partial charge on any atom is -0.496 e. The van der Waals surface area contributed by atoms with Gasteiger partial charge in [-0.15, -0.1) is 0 Å². The molecule has 1 aromatic carbocycles. The second-order valence-electron chi connectivity index (χ2n) is 4.32. The van der Waals surface area contributed by atoms with Crippen molar-refractivity contribution in [2.75, 3.05) is 7.11 Å². The monoisotopic (exact) mass is 271 g/mol. The highest BCUT2D eigenvalue weighted by Gasteiger charge is 2.09. The first-order valence-corrected chi connectivity index (χ1v) is 6.35. The fraction of sp³-hybridized carbons (Fsp3) is 0.188. The third-order valence-electron chi connectivity index (χ3n) is 2.88. The average molecular weight is 271 g/mol. The maximum Gasteiger partial charge on any atom is 0.244 e. The maximum absolute atomic E-state index is 11.8. The van der Waals surface area contributed by atoms with Gasteiger partial charge in [-0.2, -0.15) is 0 Å². The van der Waals surface area contributed by atoms with Gasteiger partial charge in [-0.3, -0.25) is 4.79 Å². The molecule has 0 saturated carbocycles. The Morgan fingerprint density at radius 1 is 1.30 bits per heavy atom.